The summed E-state index contributed by atoms with van der Waals surface area (Å²) in [5.41, 5.74) is 7.43. The number of hydrogen-bond donors (Lipinski definition) is 1. The van der Waals surface area contributed by atoms with Gasteiger partial charge in [-0.2, -0.15) is 0 Å². The molecule has 23 heavy (non-hydrogen) atoms. The van der Waals surface area contributed by atoms with E-state index >= 15 is 0 Å². The van der Waals surface area contributed by atoms with Gasteiger partial charge in [0.2, 0.25) is 5.88 Å². The van der Waals surface area contributed by atoms with Gasteiger partial charge in [0.25, 0.3) is 0 Å². The van der Waals surface area contributed by atoms with E-state index in [1.165, 1.54) is 17.1 Å². The fourth-order valence-electron chi connectivity index (χ4n) is 2.50. The molecule has 117 valence electrons. The molecule has 7 heteroatoms. The Labute approximate surface area is 140 Å². The molecule has 2 heterocycles. The zero-order chi connectivity index (χ0) is 15.3. The molecule has 5 nitrogen and oxygen atoms in total. The maximum atomic E-state index is 13.1. The number of aliphatic hydroxyl groups excluding tert-OH is 1. The minimum atomic E-state index is -0.333. The van der Waals surface area contributed by atoms with Gasteiger partial charge in [0.15, 0.2) is 0 Å². The van der Waals surface area contributed by atoms with Crippen LogP contribution in [-0.4, -0.2) is 10.6 Å². The van der Waals surface area contributed by atoms with Gasteiger partial charge >= 0.3 is 0 Å². The molecule has 0 amide bonds. The van der Waals surface area contributed by atoms with E-state index in [-0.39, 0.29) is 17.2 Å². The lowest BCUT2D eigenvalue weighted by molar-refractivity contribution is 0.387. The van der Waals surface area contributed by atoms with E-state index in [4.69, 9.17) is 0 Å². The highest BCUT2D eigenvalue weighted by Crippen LogP contribution is 2.42. The van der Waals surface area contributed by atoms with Crippen LogP contribution in [0, 0.1) is 5.82 Å². The van der Waals surface area contributed by atoms with Crippen molar-refractivity contribution >= 4 is 31.8 Å². The van der Waals surface area contributed by atoms with Crippen molar-refractivity contribution in [3.8, 4) is 0 Å². The summed E-state index contributed by atoms with van der Waals surface area (Å²) in [5.74, 6) is -0.334. The molecule has 4 rings (SSSR count). The number of benzene rings is 2. The maximum absolute atomic E-state index is 13.1. The first-order valence-corrected chi connectivity index (χ1v) is 7.42. The molecule has 0 aliphatic carbocycles. The quantitative estimate of drug-likeness (QED) is 0.830. The van der Waals surface area contributed by atoms with Crippen LogP contribution in [0.3, 0.4) is 0 Å². The van der Waals surface area contributed by atoms with Crippen molar-refractivity contribution in [2.45, 2.75) is 0 Å². The largest absolute Gasteiger partial charge is 0.492 e. The molecule has 3 N–H and O–H groups in total. The van der Waals surface area contributed by atoms with Gasteiger partial charge < -0.3 is 10.6 Å². The van der Waals surface area contributed by atoms with Crippen molar-refractivity contribution in [1.82, 2.24) is 5.53 Å². The van der Waals surface area contributed by atoms with Crippen LogP contribution < -0.4 is 15.6 Å². The van der Waals surface area contributed by atoms with Gasteiger partial charge in [-0.25, -0.2) is 14.4 Å². The lowest BCUT2D eigenvalue weighted by Gasteiger charge is -2.25. The monoisotopic (exact) mass is 376 g/mol. The van der Waals surface area contributed by atoms with Gasteiger partial charge in [0.05, 0.1) is 11.4 Å². The number of nitrogens with zero attached hydrogens (tertiary/aromatic N) is 3. The molecule has 0 bridgehead atoms. The number of allylic oxidation sites excluding steroid dienone is 1. The summed E-state index contributed by atoms with van der Waals surface area (Å²) in [7, 11) is 0. The predicted molar refractivity (Wildman–Crippen MR) is 90.1 cm³/mol. The lowest BCUT2D eigenvalue weighted by atomic mass is 10.1. The molecule has 0 fully saturated rings. The minimum absolute atomic E-state index is 0. The molecular weight excluding hydrogens is 365 g/mol. The molecule has 0 unspecified atom stereocenters. The molecule has 0 saturated heterocycles. The Morgan fingerprint density at radius 3 is 2.43 bits per heavy atom. The molecule has 0 atom stereocenters. The van der Waals surface area contributed by atoms with Crippen LogP contribution >= 0.6 is 15.9 Å². The van der Waals surface area contributed by atoms with Crippen molar-refractivity contribution in [2.24, 2.45) is 0 Å². The van der Waals surface area contributed by atoms with Crippen LogP contribution in [-0.2, 0) is 0 Å². The highest BCUT2D eigenvalue weighted by atomic mass is 79.9. The number of aliphatic hydroxyl groups is 1. The smallest absolute Gasteiger partial charge is 0.235 e. The van der Waals surface area contributed by atoms with E-state index in [2.05, 4.69) is 21.5 Å². The van der Waals surface area contributed by atoms with Gasteiger partial charge in [0, 0.05) is 10.0 Å². The minimum Gasteiger partial charge on any atom is -0.492 e. The molecule has 2 aliphatic heterocycles. The Morgan fingerprint density at radius 2 is 1.70 bits per heavy atom. The van der Waals surface area contributed by atoms with E-state index in [1.54, 1.807) is 17.1 Å². The molecule has 0 aromatic heterocycles. The Hall–Kier alpha value is -2.35. The Bertz CT molecular complexity index is 820. The van der Waals surface area contributed by atoms with Crippen LogP contribution in [0.2, 0.25) is 0 Å². The average Bonchev–Trinajstić information content (AvgIpc) is 2.86. The fraction of sp³-hybridized carbons (Fsp3) is 0. The first kappa shape index (κ1) is 15.5. The number of fused-ring (bicyclic) bond motifs is 3. The highest BCUT2D eigenvalue weighted by Gasteiger charge is 2.35. The Morgan fingerprint density at radius 1 is 1.00 bits per heavy atom. The summed E-state index contributed by atoms with van der Waals surface area (Å²) in [5, 5.41) is 13.5. The molecule has 2 aliphatic rings. The third-order valence-electron chi connectivity index (χ3n) is 3.56. The molecule has 1 radical (unpaired) electrons. The van der Waals surface area contributed by atoms with Crippen LogP contribution in [0.1, 0.15) is 5.56 Å². The normalized spacial score (nSPS) is 15.8. The van der Waals surface area contributed by atoms with Crippen LogP contribution in [0.4, 0.5) is 15.8 Å². The van der Waals surface area contributed by atoms with Crippen LogP contribution in [0.5, 0.6) is 0 Å². The van der Waals surface area contributed by atoms with E-state index in [0.29, 0.717) is 11.4 Å². The average molecular weight is 377 g/mol. The van der Waals surface area contributed by atoms with Crippen molar-refractivity contribution in [2.75, 3.05) is 10.0 Å². The first-order valence-electron chi connectivity index (χ1n) is 6.62. The Kier molecular flexibility index (Phi) is 3.85. The second-order valence-electron chi connectivity index (χ2n) is 4.91. The van der Waals surface area contributed by atoms with Crippen LogP contribution in [0.25, 0.3) is 4.48 Å². The molecular formula is C16H12BrFN3O2. The summed E-state index contributed by atoms with van der Waals surface area (Å²) in [6, 6.07) is 13.6. The number of rotatable bonds is 1. The van der Waals surface area contributed by atoms with Gasteiger partial charge in [-0.15, -0.1) is 0 Å². The molecule has 0 spiro atoms. The summed E-state index contributed by atoms with van der Waals surface area (Å²) in [6.07, 6.45) is 1.81. The summed E-state index contributed by atoms with van der Waals surface area (Å²) >= 11 is 3.52. The third-order valence-corrected chi connectivity index (χ3v) is 4.22. The van der Waals surface area contributed by atoms with E-state index in [1.807, 2.05) is 30.3 Å². The highest BCUT2D eigenvalue weighted by molar-refractivity contribution is 9.15. The van der Waals surface area contributed by atoms with Gasteiger partial charge in [-0.05, 0) is 41.9 Å². The number of anilines is 2. The lowest BCUT2D eigenvalue weighted by Crippen LogP contribution is -2.35. The molecule has 0 saturated carbocycles. The fourth-order valence-corrected chi connectivity index (χ4v) is 3.05. The molecule has 2 aromatic carbocycles. The van der Waals surface area contributed by atoms with Crippen molar-refractivity contribution in [3.05, 3.63) is 77.6 Å². The summed E-state index contributed by atoms with van der Waals surface area (Å²) in [6.45, 7) is 0. The molecule has 2 aromatic rings. The predicted octanol–water partition coefficient (Wildman–Crippen LogP) is 3.24. The van der Waals surface area contributed by atoms with Gasteiger partial charge in [0.1, 0.15) is 11.5 Å². The van der Waals surface area contributed by atoms with Gasteiger partial charge in [-0.3, -0.25) is 0 Å². The van der Waals surface area contributed by atoms with Crippen molar-refractivity contribution < 1.29 is 15.0 Å². The van der Waals surface area contributed by atoms with E-state index in [0.717, 1.165) is 15.7 Å². The number of para-hydroxylation sites is 1. The zero-order valence-electron chi connectivity index (χ0n) is 11.7. The second-order valence-corrected chi connectivity index (χ2v) is 5.76. The third kappa shape index (κ3) is 2.39. The Balaban J connectivity index is 0.00000156. The van der Waals surface area contributed by atoms with E-state index < -0.39 is 0 Å². The topological polar surface area (TPSA) is 72.3 Å². The number of halogens is 2. The summed E-state index contributed by atoms with van der Waals surface area (Å²) < 4.78 is 13.9. The second kappa shape index (κ2) is 5.69. The van der Waals surface area contributed by atoms with Crippen molar-refractivity contribution in [1.29, 1.82) is 0 Å². The maximum Gasteiger partial charge on any atom is 0.235 e. The number of hydrogen-bond acceptors (Lipinski definition) is 3. The standard InChI is InChI=1S/C16H10BrFN3O.H2O/c17-13-9-15-16(22)20(11-7-5-10(18)6-8-11)19-21(15)14-4-2-1-3-12(13)14;/h1-9,22H;1H2. The van der Waals surface area contributed by atoms with Gasteiger partial charge in [-0.1, -0.05) is 34.1 Å². The summed E-state index contributed by atoms with van der Waals surface area (Å²) in [4.78, 5) is 0. The van der Waals surface area contributed by atoms with E-state index in [9.17, 15) is 9.50 Å². The first-order chi connectivity index (χ1) is 10.6. The van der Waals surface area contributed by atoms with Crippen molar-refractivity contribution in [3.63, 3.8) is 0 Å². The van der Waals surface area contributed by atoms with Crippen LogP contribution in [0.15, 0.2) is 66.2 Å². The SMILES string of the molecule is O.OC1=C2C=C(Br)c3ccccc3N2[N]N1c1ccc(F)cc1. The zero-order valence-corrected chi connectivity index (χ0v) is 13.3.